The molecule has 2 unspecified atom stereocenters. The Morgan fingerprint density at radius 3 is 1.20 bits per heavy atom. The monoisotopic (exact) mass is 618 g/mol. The number of thioether (sulfide) groups is 1. The molecule has 0 saturated heterocycles. The van der Waals surface area contributed by atoms with E-state index in [1.165, 1.54) is 22.3 Å². The molecule has 0 bridgehead atoms. The lowest BCUT2D eigenvalue weighted by Gasteiger charge is -2.45. The van der Waals surface area contributed by atoms with Gasteiger partial charge in [-0.2, -0.15) is 0 Å². The smallest absolute Gasteiger partial charge is 0.109 e. The molecule has 2 atom stereocenters. The molecule has 0 spiro atoms. The minimum atomic E-state index is -0.493. The second kappa shape index (κ2) is 12.7. The number of fused-ring (bicyclic) bond motifs is 2. The van der Waals surface area contributed by atoms with Crippen LogP contribution in [0.2, 0.25) is 0 Å². The SMILES string of the molecule is CN(C)C(C)(SC(C)(c1cc(-c2ccccc2)c2ccccc2n1)N(C)C)c1cc(-c2ccccc2)c2ccccc2n1.Cl. The van der Waals surface area contributed by atoms with Crippen LogP contribution in [0.3, 0.4) is 0 Å². The zero-order chi connectivity index (χ0) is 30.2. The van der Waals surface area contributed by atoms with Crippen molar-refractivity contribution in [3.63, 3.8) is 0 Å². The summed E-state index contributed by atoms with van der Waals surface area (Å²) in [5.74, 6) is 0. The molecule has 0 aliphatic rings. The van der Waals surface area contributed by atoms with Gasteiger partial charge in [0.2, 0.25) is 0 Å². The van der Waals surface area contributed by atoms with Crippen molar-refractivity contribution in [2.45, 2.75) is 23.6 Å². The maximum Gasteiger partial charge on any atom is 0.109 e. The van der Waals surface area contributed by atoms with E-state index in [9.17, 15) is 0 Å². The van der Waals surface area contributed by atoms with Gasteiger partial charge < -0.3 is 0 Å². The maximum atomic E-state index is 5.31. The molecule has 2 heterocycles. The molecule has 224 valence electrons. The summed E-state index contributed by atoms with van der Waals surface area (Å²) in [6.07, 6.45) is 0. The second-order valence-electron chi connectivity index (χ2n) is 11.7. The number of nitrogens with zero attached hydrogens (tertiary/aromatic N) is 4. The van der Waals surface area contributed by atoms with Gasteiger partial charge in [-0.25, -0.2) is 9.97 Å². The molecule has 0 aliphatic carbocycles. The molecule has 4 nitrogen and oxygen atoms in total. The van der Waals surface area contributed by atoms with E-state index in [1.807, 2.05) is 11.8 Å². The average molecular weight is 619 g/mol. The molecule has 0 amide bonds. The largest absolute Gasteiger partial charge is 0.290 e. The first-order chi connectivity index (χ1) is 20.7. The van der Waals surface area contributed by atoms with Crippen LogP contribution in [0.1, 0.15) is 25.2 Å². The third kappa shape index (κ3) is 5.73. The molecule has 6 heteroatoms. The predicted molar refractivity (Wildman–Crippen MR) is 191 cm³/mol. The van der Waals surface area contributed by atoms with Crippen molar-refractivity contribution in [2.75, 3.05) is 28.2 Å². The molecule has 4 aromatic carbocycles. The summed E-state index contributed by atoms with van der Waals surface area (Å²) in [5.41, 5.74) is 8.77. The molecule has 44 heavy (non-hydrogen) atoms. The topological polar surface area (TPSA) is 32.3 Å². The average Bonchev–Trinajstić information content (AvgIpc) is 3.04. The molecular weight excluding hydrogens is 580 g/mol. The summed E-state index contributed by atoms with van der Waals surface area (Å²) in [5, 5.41) is 2.31. The van der Waals surface area contributed by atoms with E-state index < -0.39 is 9.74 Å². The van der Waals surface area contributed by atoms with Crippen LogP contribution in [0.4, 0.5) is 0 Å². The summed E-state index contributed by atoms with van der Waals surface area (Å²) < 4.78 is 0. The van der Waals surface area contributed by atoms with Crippen LogP contribution in [0.25, 0.3) is 44.1 Å². The molecule has 6 rings (SSSR count). The minimum absolute atomic E-state index is 0. The highest BCUT2D eigenvalue weighted by molar-refractivity contribution is 8.01. The van der Waals surface area contributed by atoms with Gasteiger partial charge in [-0.05, 0) is 88.6 Å². The Labute approximate surface area is 271 Å². The molecular formula is C38H39ClN4S. The van der Waals surface area contributed by atoms with E-state index in [2.05, 4.69) is 173 Å². The second-order valence-corrected chi connectivity index (χ2v) is 13.5. The maximum absolute atomic E-state index is 5.31. The predicted octanol–water partition coefficient (Wildman–Crippen LogP) is 9.44. The Kier molecular flexibility index (Phi) is 9.15. The van der Waals surface area contributed by atoms with E-state index in [1.54, 1.807) is 0 Å². The van der Waals surface area contributed by atoms with Gasteiger partial charge in [0.1, 0.15) is 9.74 Å². The zero-order valence-corrected chi connectivity index (χ0v) is 27.8. The Balaban J connectivity index is 0.00000384. The fraction of sp³-hybridized carbons (Fsp3) is 0.211. The number of rotatable bonds is 8. The summed E-state index contributed by atoms with van der Waals surface area (Å²) in [4.78, 5) is 14.2. The van der Waals surface area contributed by atoms with Crippen LogP contribution in [-0.2, 0) is 9.74 Å². The number of para-hydroxylation sites is 2. The van der Waals surface area contributed by atoms with Crippen molar-refractivity contribution >= 4 is 46.0 Å². The van der Waals surface area contributed by atoms with Crippen molar-refractivity contribution in [2.24, 2.45) is 0 Å². The Morgan fingerprint density at radius 2 is 0.841 bits per heavy atom. The van der Waals surface area contributed by atoms with E-state index in [0.29, 0.717) is 0 Å². The van der Waals surface area contributed by atoms with Gasteiger partial charge in [0.15, 0.2) is 0 Å². The van der Waals surface area contributed by atoms with Crippen molar-refractivity contribution in [1.29, 1.82) is 0 Å². The number of pyridine rings is 2. The number of benzene rings is 4. The highest BCUT2D eigenvalue weighted by atomic mass is 35.5. The quantitative estimate of drug-likeness (QED) is 0.159. The summed E-state index contributed by atoms with van der Waals surface area (Å²) in [6.45, 7) is 4.56. The third-order valence-corrected chi connectivity index (χ3v) is 10.6. The number of aromatic nitrogens is 2. The van der Waals surface area contributed by atoms with Crippen LogP contribution >= 0.6 is 24.2 Å². The first-order valence-electron chi connectivity index (χ1n) is 14.7. The lowest BCUT2D eigenvalue weighted by molar-refractivity contribution is 0.242. The van der Waals surface area contributed by atoms with Gasteiger partial charge in [0.05, 0.1) is 22.4 Å². The number of hydrogen-bond acceptors (Lipinski definition) is 5. The summed E-state index contributed by atoms with van der Waals surface area (Å²) in [7, 11) is 8.58. The van der Waals surface area contributed by atoms with Crippen molar-refractivity contribution in [1.82, 2.24) is 19.8 Å². The molecule has 2 aromatic heterocycles. The number of halogens is 1. The number of hydrogen-bond donors (Lipinski definition) is 0. The van der Waals surface area contributed by atoms with E-state index in [4.69, 9.17) is 9.97 Å². The highest BCUT2D eigenvalue weighted by Crippen LogP contribution is 2.52. The fourth-order valence-corrected chi connectivity index (χ4v) is 7.23. The normalized spacial score (nSPS) is 14.4. The molecule has 6 aromatic rings. The van der Waals surface area contributed by atoms with E-state index in [0.717, 1.165) is 33.2 Å². The zero-order valence-electron chi connectivity index (χ0n) is 26.2. The van der Waals surface area contributed by atoms with Crippen LogP contribution in [0.5, 0.6) is 0 Å². The standard InChI is InChI=1S/C38H38N4S.ClH/c1-37(41(3)4,35-25-31(27-17-9-7-10-18-27)29-21-13-15-23-33(29)39-35)43-38(2,42(5)6)36-26-32(28-19-11-8-12-20-28)30-22-14-16-24-34(30)40-36;/h7-26H,1-6H3;1H. The van der Waals surface area contributed by atoms with Gasteiger partial charge in [0.25, 0.3) is 0 Å². The lowest BCUT2D eigenvalue weighted by atomic mass is 9.98. The van der Waals surface area contributed by atoms with Crippen LogP contribution in [0.15, 0.2) is 121 Å². The van der Waals surface area contributed by atoms with Crippen molar-refractivity contribution < 1.29 is 0 Å². The molecule has 0 aliphatic heterocycles. The molecule has 0 N–H and O–H groups in total. The Morgan fingerprint density at radius 1 is 0.500 bits per heavy atom. The first kappa shape index (κ1) is 31.7. The van der Waals surface area contributed by atoms with Gasteiger partial charge in [-0.1, -0.05) is 97.1 Å². The van der Waals surface area contributed by atoms with Crippen LogP contribution in [0, 0.1) is 0 Å². The van der Waals surface area contributed by atoms with E-state index >= 15 is 0 Å². The first-order valence-corrected chi connectivity index (χ1v) is 15.5. The summed E-state index contributed by atoms with van der Waals surface area (Å²) >= 11 is 1.87. The molecule has 0 saturated carbocycles. The molecule has 0 radical (unpaired) electrons. The van der Waals surface area contributed by atoms with Crippen molar-refractivity contribution in [3.05, 3.63) is 133 Å². The third-order valence-electron chi connectivity index (χ3n) is 8.66. The van der Waals surface area contributed by atoms with Gasteiger partial charge in [-0.15, -0.1) is 24.2 Å². The van der Waals surface area contributed by atoms with Crippen molar-refractivity contribution in [3.8, 4) is 22.3 Å². The highest BCUT2D eigenvalue weighted by Gasteiger charge is 2.44. The Bertz CT molecular complexity index is 1760. The van der Waals surface area contributed by atoms with Crippen LogP contribution in [-0.4, -0.2) is 48.0 Å². The van der Waals surface area contributed by atoms with Gasteiger partial charge in [0, 0.05) is 10.8 Å². The van der Waals surface area contributed by atoms with Gasteiger partial charge >= 0.3 is 0 Å². The van der Waals surface area contributed by atoms with E-state index in [-0.39, 0.29) is 12.4 Å². The van der Waals surface area contributed by atoms with Crippen LogP contribution < -0.4 is 0 Å². The minimum Gasteiger partial charge on any atom is -0.290 e. The molecule has 0 fully saturated rings. The van der Waals surface area contributed by atoms with Gasteiger partial charge in [-0.3, -0.25) is 9.80 Å². The Hall–Kier alpha value is -3.74. The fourth-order valence-electron chi connectivity index (χ4n) is 5.67. The lowest BCUT2D eigenvalue weighted by Crippen LogP contribution is -2.45. The summed E-state index contributed by atoms with van der Waals surface area (Å²) in [6, 6.07) is 42.7.